The van der Waals surface area contributed by atoms with Crippen LogP contribution in [0.5, 0.6) is 11.5 Å². The molecule has 1 aromatic carbocycles. The number of hydrogen-bond acceptors (Lipinski definition) is 7. The fourth-order valence-corrected chi connectivity index (χ4v) is 5.23. The lowest BCUT2D eigenvalue weighted by Gasteiger charge is -2.52. The van der Waals surface area contributed by atoms with Crippen molar-refractivity contribution >= 4 is 39.9 Å². The van der Waals surface area contributed by atoms with Gasteiger partial charge in [-0.05, 0) is 40.1 Å². The lowest BCUT2D eigenvalue weighted by molar-refractivity contribution is 0.132. The number of nitrogens with zero attached hydrogens (tertiary/aromatic N) is 5. The van der Waals surface area contributed by atoms with E-state index in [1.807, 2.05) is 25.9 Å². The predicted octanol–water partition coefficient (Wildman–Crippen LogP) is 5.75. The van der Waals surface area contributed by atoms with Crippen LogP contribution in [-0.2, 0) is 0 Å². The molecule has 1 aliphatic rings. The number of benzene rings is 1. The van der Waals surface area contributed by atoms with Gasteiger partial charge in [-0.3, -0.25) is 10.1 Å². The van der Waals surface area contributed by atoms with Gasteiger partial charge in [0.2, 0.25) is 0 Å². The van der Waals surface area contributed by atoms with Gasteiger partial charge in [-0.25, -0.2) is 9.37 Å². The predicted molar refractivity (Wildman–Crippen MR) is 143 cm³/mol. The maximum atomic E-state index is 15.2. The Kier molecular flexibility index (Phi) is 6.64. The van der Waals surface area contributed by atoms with Crippen LogP contribution >= 0.6 is 23.2 Å². The Morgan fingerprint density at radius 1 is 1.11 bits per heavy atom. The third-order valence-electron chi connectivity index (χ3n) is 6.99. The number of fused-ring (bicyclic) bond motifs is 1. The monoisotopic (exact) mass is 544 g/mol. The molecule has 1 fully saturated rings. The Labute approximate surface area is 224 Å². The van der Waals surface area contributed by atoms with E-state index in [-0.39, 0.29) is 5.54 Å². The van der Waals surface area contributed by atoms with Gasteiger partial charge in [-0.1, -0.05) is 23.2 Å². The van der Waals surface area contributed by atoms with Crippen LogP contribution in [0.1, 0.15) is 25.5 Å². The van der Waals surface area contributed by atoms with Crippen molar-refractivity contribution in [3.05, 3.63) is 58.2 Å². The van der Waals surface area contributed by atoms with Crippen LogP contribution in [0.25, 0.3) is 22.2 Å². The van der Waals surface area contributed by atoms with E-state index in [4.69, 9.17) is 32.7 Å². The van der Waals surface area contributed by atoms with Crippen molar-refractivity contribution in [3.63, 3.8) is 0 Å². The summed E-state index contributed by atoms with van der Waals surface area (Å²) in [7, 11) is 5.61. The van der Waals surface area contributed by atoms with Crippen LogP contribution < -0.4 is 14.4 Å². The van der Waals surface area contributed by atoms with Gasteiger partial charge in [0.25, 0.3) is 0 Å². The molecule has 1 N–H and O–H groups in total. The van der Waals surface area contributed by atoms with Gasteiger partial charge in [0.15, 0.2) is 23.1 Å². The molecule has 37 heavy (non-hydrogen) atoms. The summed E-state index contributed by atoms with van der Waals surface area (Å²) in [5.74, 6) is 0.906. The molecule has 1 aliphatic heterocycles. The fourth-order valence-electron chi connectivity index (χ4n) is 4.56. The number of methoxy groups -OCH3 is 1. The normalized spacial score (nSPS) is 15.6. The average molecular weight is 545 g/mol. The Bertz CT molecular complexity index is 1450. The van der Waals surface area contributed by atoms with Crippen molar-refractivity contribution in [1.82, 2.24) is 25.1 Å². The van der Waals surface area contributed by atoms with Crippen molar-refractivity contribution in [2.75, 3.05) is 39.2 Å². The highest BCUT2D eigenvalue weighted by molar-refractivity contribution is 6.35. The second-order valence-electron chi connectivity index (χ2n) is 9.67. The number of hydrogen-bond donors (Lipinski definition) is 1. The molecule has 4 aromatic rings. The van der Waals surface area contributed by atoms with Gasteiger partial charge >= 0.3 is 0 Å². The number of ether oxygens (including phenoxy) is 2. The molecule has 0 amide bonds. The van der Waals surface area contributed by atoms with Crippen molar-refractivity contribution in [1.29, 1.82) is 0 Å². The summed E-state index contributed by atoms with van der Waals surface area (Å²) in [6.45, 7) is 5.40. The molecule has 0 bridgehead atoms. The number of H-pyrrole nitrogens is 1. The number of rotatable bonds is 7. The minimum absolute atomic E-state index is 0.00248. The van der Waals surface area contributed by atoms with Gasteiger partial charge in [-0.2, -0.15) is 5.10 Å². The Morgan fingerprint density at radius 2 is 1.81 bits per heavy atom. The highest BCUT2D eigenvalue weighted by Gasteiger charge is 2.42. The smallest absolute Gasteiger partial charge is 0.166 e. The number of anilines is 1. The van der Waals surface area contributed by atoms with E-state index in [1.165, 1.54) is 18.5 Å². The first kappa shape index (κ1) is 25.5. The van der Waals surface area contributed by atoms with E-state index < -0.39 is 11.9 Å². The summed E-state index contributed by atoms with van der Waals surface area (Å²) >= 11 is 12.6. The lowest BCUT2D eigenvalue weighted by atomic mass is 9.91. The maximum absolute atomic E-state index is 15.2. The topological polar surface area (TPSA) is 79.4 Å². The van der Waals surface area contributed by atoms with Crippen LogP contribution in [-0.4, -0.2) is 64.9 Å². The van der Waals surface area contributed by atoms with E-state index in [1.54, 1.807) is 25.4 Å². The minimum atomic E-state index is -0.493. The highest BCUT2D eigenvalue weighted by Crippen LogP contribution is 2.40. The molecule has 0 spiro atoms. The summed E-state index contributed by atoms with van der Waals surface area (Å²) in [5.41, 5.74) is 2.43. The summed E-state index contributed by atoms with van der Waals surface area (Å²) in [6, 6.07) is 5.05. The number of aromatic amines is 1. The standard InChI is InChI=1S/C26H27Cl2FN6O2/c1-14(23-17(27)10-30-11-18(23)28)37-22-7-16-20(8-21(22)36-5)32-33-24(16)15-6-19(29)25(31-9-15)35-12-26(2,13-35)34(3)4/h6-11,14H,12-13H2,1-5H3,(H,32,33). The van der Waals surface area contributed by atoms with E-state index in [0.29, 0.717) is 62.8 Å². The van der Waals surface area contributed by atoms with Crippen molar-refractivity contribution in [3.8, 4) is 22.8 Å². The Hall–Kier alpha value is -3.14. The van der Waals surface area contributed by atoms with Gasteiger partial charge in [0, 0.05) is 54.3 Å². The fraction of sp³-hybridized carbons (Fsp3) is 0.346. The number of pyridine rings is 2. The van der Waals surface area contributed by atoms with Crippen LogP contribution in [0.15, 0.2) is 36.8 Å². The maximum Gasteiger partial charge on any atom is 0.166 e. The zero-order chi connectivity index (χ0) is 26.5. The molecule has 1 saturated heterocycles. The van der Waals surface area contributed by atoms with Crippen molar-refractivity contribution in [2.45, 2.75) is 25.5 Å². The number of nitrogens with one attached hydrogen (secondary N) is 1. The van der Waals surface area contributed by atoms with Gasteiger partial charge in [-0.15, -0.1) is 0 Å². The summed E-state index contributed by atoms with van der Waals surface area (Å²) in [5, 5.41) is 8.96. The largest absolute Gasteiger partial charge is 0.493 e. The van der Waals surface area contributed by atoms with Gasteiger partial charge in [0.1, 0.15) is 11.8 Å². The molecule has 194 valence electrons. The molecule has 5 rings (SSSR count). The summed E-state index contributed by atoms with van der Waals surface area (Å²) in [6.07, 6.45) is 4.18. The second-order valence-corrected chi connectivity index (χ2v) is 10.5. The number of halogens is 3. The first-order valence-corrected chi connectivity index (χ1v) is 12.5. The summed E-state index contributed by atoms with van der Waals surface area (Å²) in [4.78, 5) is 12.5. The third-order valence-corrected chi connectivity index (χ3v) is 7.59. The lowest BCUT2D eigenvalue weighted by Crippen LogP contribution is -2.67. The van der Waals surface area contributed by atoms with E-state index >= 15 is 4.39 Å². The quantitative estimate of drug-likeness (QED) is 0.317. The molecular weight excluding hydrogens is 518 g/mol. The molecule has 8 nitrogen and oxygen atoms in total. The highest BCUT2D eigenvalue weighted by atomic mass is 35.5. The van der Waals surface area contributed by atoms with E-state index in [2.05, 4.69) is 32.0 Å². The molecule has 3 aromatic heterocycles. The summed E-state index contributed by atoms with van der Waals surface area (Å²) < 4.78 is 26.9. The van der Waals surface area contributed by atoms with Gasteiger partial charge in [0.05, 0.1) is 28.2 Å². The van der Waals surface area contributed by atoms with Crippen LogP contribution in [0, 0.1) is 5.82 Å². The molecule has 11 heteroatoms. The molecule has 0 radical (unpaired) electrons. The number of likely N-dealkylation sites (N-methyl/N-ethyl adjacent to an activating group) is 1. The van der Waals surface area contributed by atoms with E-state index in [0.717, 1.165) is 5.39 Å². The van der Waals surface area contributed by atoms with Crippen LogP contribution in [0.2, 0.25) is 10.0 Å². The minimum Gasteiger partial charge on any atom is -0.493 e. The molecule has 0 saturated carbocycles. The van der Waals surface area contributed by atoms with Crippen molar-refractivity contribution < 1.29 is 13.9 Å². The van der Waals surface area contributed by atoms with Crippen LogP contribution in [0.4, 0.5) is 10.2 Å². The zero-order valence-electron chi connectivity index (χ0n) is 21.1. The first-order valence-electron chi connectivity index (χ1n) is 11.7. The molecular formula is C26H27Cl2FN6O2. The molecule has 0 aliphatic carbocycles. The van der Waals surface area contributed by atoms with Crippen LogP contribution in [0.3, 0.4) is 0 Å². The number of aromatic nitrogens is 4. The second kappa shape index (κ2) is 9.63. The zero-order valence-corrected chi connectivity index (χ0v) is 22.7. The Balaban J connectivity index is 1.46. The Morgan fingerprint density at radius 3 is 2.43 bits per heavy atom. The molecule has 1 atom stereocenters. The SMILES string of the molecule is COc1cc2[nH]nc(-c3cnc(N4CC(C)(N(C)C)C4)c(F)c3)c2cc1OC(C)c1c(Cl)cncc1Cl. The van der Waals surface area contributed by atoms with Gasteiger partial charge < -0.3 is 19.3 Å². The third kappa shape index (κ3) is 4.56. The van der Waals surface area contributed by atoms with E-state index in [9.17, 15) is 0 Å². The average Bonchev–Trinajstić information content (AvgIpc) is 3.24. The molecule has 1 unspecified atom stereocenters. The molecule has 4 heterocycles. The van der Waals surface area contributed by atoms with Crippen molar-refractivity contribution in [2.24, 2.45) is 0 Å². The first-order chi connectivity index (χ1) is 17.6.